The van der Waals surface area contributed by atoms with E-state index < -0.39 is 0 Å². The minimum absolute atomic E-state index is 0.591. The highest BCUT2D eigenvalue weighted by Gasteiger charge is 2.22. The maximum absolute atomic E-state index is 4.66. The van der Waals surface area contributed by atoms with Crippen LogP contribution < -0.4 is 0 Å². The molecular formula is C12H13N3S. The monoisotopic (exact) mass is 231 g/mol. The fourth-order valence-electron chi connectivity index (χ4n) is 1.91. The molecule has 0 N–H and O–H groups in total. The van der Waals surface area contributed by atoms with E-state index in [2.05, 4.69) is 15.0 Å². The van der Waals surface area contributed by atoms with Crippen LogP contribution >= 0.6 is 11.3 Å². The Kier molecular flexibility index (Phi) is 2.44. The molecule has 0 amide bonds. The molecule has 0 unspecified atom stereocenters. The smallest absolute Gasteiger partial charge is 0.132 e. The summed E-state index contributed by atoms with van der Waals surface area (Å²) in [6.07, 6.45) is 5.67. The van der Waals surface area contributed by atoms with Gasteiger partial charge in [0.25, 0.3) is 0 Å². The first kappa shape index (κ1) is 9.90. The highest BCUT2D eigenvalue weighted by atomic mass is 32.1. The Morgan fingerprint density at radius 3 is 2.81 bits per heavy atom. The van der Waals surface area contributed by atoms with Crippen LogP contribution in [0.4, 0.5) is 0 Å². The Labute approximate surface area is 98.6 Å². The normalized spacial score (nSPS) is 16.1. The van der Waals surface area contributed by atoms with Crippen molar-refractivity contribution in [1.82, 2.24) is 15.0 Å². The molecule has 0 bridgehead atoms. The zero-order valence-corrected chi connectivity index (χ0v) is 10.00. The molecule has 0 radical (unpaired) electrons. The SMILES string of the molecule is Cc1ncsc1-c1ccnc(C2CCC2)n1. The van der Waals surface area contributed by atoms with E-state index in [9.17, 15) is 0 Å². The van der Waals surface area contributed by atoms with Gasteiger partial charge in [-0.3, -0.25) is 0 Å². The van der Waals surface area contributed by atoms with Crippen LogP contribution in [0.25, 0.3) is 10.6 Å². The zero-order valence-electron chi connectivity index (χ0n) is 9.18. The van der Waals surface area contributed by atoms with Gasteiger partial charge in [0.05, 0.1) is 21.8 Å². The van der Waals surface area contributed by atoms with Crippen molar-refractivity contribution in [3.8, 4) is 10.6 Å². The van der Waals surface area contributed by atoms with Crippen LogP contribution in [0.15, 0.2) is 17.8 Å². The topological polar surface area (TPSA) is 38.7 Å². The molecule has 0 saturated heterocycles. The lowest BCUT2D eigenvalue weighted by molar-refractivity contribution is 0.401. The number of aryl methyl sites for hydroxylation is 1. The van der Waals surface area contributed by atoms with E-state index in [0.29, 0.717) is 5.92 Å². The second-order valence-electron chi connectivity index (χ2n) is 4.19. The first-order chi connectivity index (χ1) is 7.84. The number of nitrogens with zero attached hydrogens (tertiary/aromatic N) is 3. The van der Waals surface area contributed by atoms with Crippen LogP contribution in [0.3, 0.4) is 0 Å². The van der Waals surface area contributed by atoms with Crippen molar-refractivity contribution in [2.24, 2.45) is 0 Å². The molecule has 1 aliphatic rings. The van der Waals surface area contributed by atoms with E-state index in [1.807, 2.05) is 24.7 Å². The Bertz CT molecular complexity index is 502. The molecule has 1 saturated carbocycles. The van der Waals surface area contributed by atoms with Gasteiger partial charge in [0.15, 0.2) is 0 Å². The molecule has 1 aliphatic carbocycles. The molecule has 2 aromatic heterocycles. The first-order valence-corrected chi connectivity index (χ1v) is 6.46. The Morgan fingerprint density at radius 2 is 2.19 bits per heavy atom. The summed E-state index contributed by atoms with van der Waals surface area (Å²) in [5, 5.41) is 0. The predicted molar refractivity (Wildman–Crippen MR) is 64.5 cm³/mol. The first-order valence-electron chi connectivity index (χ1n) is 5.58. The third-order valence-corrected chi connectivity index (χ3v) is 4.07. The van der Waals surface area contributed by atoms with E-state index in [1.54, 1.807) is 11.3 Å². The van der Waals surface area contributed by atoms with Crippen molar-refractivity contribution >= 4 is 11.3 Å². The molecule has 4 heteroatoms. The number of hydrogen-bond acceptors (Lipinski definition) is 4. The van der Waals surface area contributed by atoms with Gasteiger partial charge < -0.3 is 0 Å². The molecule has 82 valence electrons. The second kappa shape index (κ2) is 3.94. The molecule has 1 fully saturated rings. The van der Waals surface area contributed by atoms with Crippen LogP contribution in [0.2, 0.25) is 0 Å². The maximum Gasteiger partial charge on any atom is 0.132 e. The van der Waals surface area contributed by atoms with Crippen LogP contribution in [-0.2, 0) is 0 Å². The Hall–Kier alpha value is -1.29. The van der Waals surface area contributed by atoms with E-state index in [0.717, 1.165) is 17.2 Å². The average Bonchev–Trinajstić information content (AvgIpc) is 2.62. The van der Waals surface area contributed by atoms with Crippen molar-refractivity contribution < 1.29 is 0 Å². The minimum Gasteiger partial charge on any atom is -0.249 e. The molecule has 3 nitrogen and oxygen atoms in total. The van der Waals surface area contributed by atoms with Gasteiger partial charge in [0.1, 0.15) is 5.82 Å². The maximum atomic E-state index is 4.66. The molecule has 0 aromatic carbocycles. The van der Waals surface area contributed by atoms with Gasteiger partial charge in [0.2, 0.25) is 0 Å². The minimum atomic E-state index is 0.591. The number of hydrogen-bond donors (Lipinski definition) is 0. The van der Waals surface area contributed by atoms with E-state index in [1.165, 1.54) is 24.1 Å². The van der Waals surface area contributed by atoms with Gasteiger partial charge >= 0.3 is 0 Å². The van der Waals surface area contributed by atoms with Gasteiger partial charge in [-0.1, -0.05) is 6.42 Å². The molecule has 0 atom stereocenters. The molecular weight excluding hydrogens is 218 g/mol. The van der Waals surface area contributed by atoms with Gasteiger partial charge in [-0.15, -0.1) is 11.3 Å². The van der Waals surface area contributed by atoms with E-state index >= 15 is 0 Å². The average molecular weight is 231 g/mol. The van der Waals surface area contributed by atoms with Crippen molar-refractivity contribution in [2.75, 3.05) is 0 Å². The second-order valence-corrected chi connectivity index (χ2v) is 5.05. The molecule has 3 rings (SSSR count). The van der Waals surface area contributed by atoms with Crippen molar-refractivity contribution in [1.29, 1.82) is 0 Å². The number of thiazole rings is 1. The lowest BCUT2D eigenvalue weighted by atomic mass is 9.85. The summed E-state index contributed by atoms with van der Waals surface area (Å²) in [5.41, 5.74) is 3.95. The number of aromatic nitrogens is 3. The summed E-state index contributed by atoms with van der Waals surface area (Å²) >= 11 is 1.65. The Morgan fingerprint density at radius 1 is 1.31 bits per heavy atom. The summed E-state index contributed by atoms with van der Waals surface area (Å²) in [7, 11) is 0. The van der Waals surface area contributed by atoms with Gasteiger partial charge in [-0.05, 0) is 25.8 Å². The summed E-state index contributed by atoms with van der Waals surface area (Å²) < 4.78 is 0. The van der Waals surface area contributed by atoms with Gasteiger partial charge in [-0.2, -0.15) is 0 Å². The summed E-state index contributed by atoms with van der Waals surface area (Å²) in [4.78, 5) is 14.5. The molecule has 16 heavy (non-hydrogen) atoms. The Balaban J connectivity index is 1.98. The summed E-state index contributed by atoms with van der Waals surface area (Å²) in [6.45, 7) is 2.02. The van der Waals surface area contributed by atoms with Crippen LogP contribution in [0, 0.1) is 6.92 Å². The molecule has 2 aromatic rings. The fourth-order valence-corrected chi connectivity index (χ4v) is 2.69. The largest absolute Gasteiger partial charge is 0.249 e. The summed E-state index contributed by atoms with van der Waals surface area (Å²) in [6, 6.07) is 1.97. The van der Waals surface area contributed by atoms with Crippen molar-refractivity contribution in [3.05, 3.63) is 29.3 Å². The molecule has 0 spiro atoms. The third-order valence-electron chi connectivity index (χ3n) is 3.12. The highest BCUT2D eigenvalue weighted by Crippen LogP contribution is 2.35. The predicted octanol–water partition coefficient (Wildman–Crippen LogP) is 3.18. The van der Waals surface area contributed by atoms with Crippen LogP contribution in [0.1, 0.15) is 36.7 Å². The quantitative estimate of drug-likeness (QED) is 0.796. The fraction of sp³-hybridized carbons (Fsp3) is 0.417. The van der Waals surface area contributed by atoms with Crippen LogP contribution in [-0.4, -0.2) is 15.0 Å². The standard InChI is InChI=1S/C12H13N3S/c1-8-11(16-7-14-8)10-5-6-13-12(15-10)9-3-2-4-9/h5-7,9H,2-4H2,1H3. The third kappa shape index (κ3) is 1.63. The van der Waals surface area contributed by atoms with E-state index in [4.69, 9.17) is 0 Å². The zero-order chi connectivity index (χ0) is 11.0. The number of rotatable bonds is 2. The van der Waals surface area contributed by atoms with Crippen molar-refractivity contribution in [2.45, 2.75) is 32.1 Å². The lowest BCUT2D eigenvalue weighted by Gasteiger charge is -2.23. The van der Waals surface area contributed by atoms with Crippen LogP contribution in [0.5, 0.6) is 0 Å². The molecule has 2 heterocycles. The van der Waals surface area contributed by atoms with E-state index in [-0.39, 0.29) is 0 Å². The van der Waals surface area contributed by atoms with Crippen molar-refractivity contribution in [3.63, 3.8) is 0 Å². The summed E-state index contributed by atoms with van der Waals surface area (Å²) in [5.74, 6) is 1.60. The van der Waals surface area contributed by atoms with Gasteiger partial charge in [0, 0.05) is 12.1 Å². The molecule has 0 aliphatic heterocycles. The highest BCUT2D eigenvalue weighted by molar-refractivity contribution is 7.13. The van der Waals surface area contributed by atoms with Gasteiger partial charge in [-0.25, -0.2) is 15.0 Å². The lowest BCUT2D eigenvalue weighted by Crippen LogP contribution is -2.12.